The van der Waals surface area contributed by atoms with Gasteiger partial charge in [0.25, 0.3) is 5.91 Å². The van der Waals surface area contributed by atoms with Crippen LogP contribution >= 0.6 is 23.2 Å². The summed E-state index contributed by atoms with van der Waals surface area (Å²) < 4.78 is 5.39. The minimum atomic E-state index is -0.303. The zero-order valence-electron chi connectivity index (χ0n) is 13.6. The number of hydrogen-bond donors (Lipinski definition) is 2. The fourth-order valence-corrected chi connectivity index (χ4v) is 2.45. The molecule has 1 aromatic heterocycles. The monoisotopic (exact) mass is 387 g/mol. The molecule has 0 radical (unpaired) electrons. The molecule has 132 valence electrons. The SMILES string of the molecule is O=C(COc1ccc(Cl)cc1)Nc1ccc(Nc2cccc(Cl)c2)cn1. The molecule has 1 amide bonds. The first-order chi connectivity index (χ1) is 12.6. The number of ether oxygens (including phenoxy) is 1. The van der Waals surface area contributed by atoms with Gasteiger partial charge in [0.1, 0.15) is 11.6 Å². The highest BCUT2D eigenvalue weighted by atomic mass is 35.5. The lowest BCUT2D eigenvalue weighted by atomic mass is 10.3. The molecule has 5 nitrogen and oxygen atoms in total. The molecule has 0 aliphatic heterocycles. The van der Waals surface area contributed by atoms with Gasteiger partial charge in [-0.05, 0) is 54.6 Å². The second-order valence-corrected chi connectivity index (χ2v) is 6.23. The zero-order valence-corrected chi connectivity index (χ0v) is 15.1. The fraction of sp³-hybridized carbons (Fsp3) is 0.0526. The van der Waals surface area contributed by atoms with Gasteiger partial charge in [0.2, 0.25) is 0 Å². The third kappa shape index (κ3) is 5.37. The average Bonchev–Trinajstić information content (AvgIpc) is 2.63. The van der Waals surface area contributed by atoms with Crippen LogP contribution in [0.4, 0.5) is 17.2 Å². The van der Waals surface area contributed by atoms with Crippen molar-refractivity contribution < 1.29 is 9.53 Å². The van der Waals surface area contributed by atoms with Crippen LogP contribution in [0.1, 0.15) is 0 Å². The Kier molecular flexibility index (Phi) is 5.94. The molecule has 0 aliphatic carbocycles. The number of aromatic nitrogens is 1. The smallest absolute Gasteiger partial charge is 0.263 e. The molecule has 2 aromatic carbocycles. The minimum Gasteiger partial charge on any atom is -0.484 e. The lowest BCUT2D eigenvalue weighted by molar-refractivity contribution is -0.118. The zero-order chi connectivity index (χ0) is 18.4. The number of amides is 1. The van der Waals surface area contributed by atoms with E-state index in [1.807, 2.05) is 24.3 Å². The summed E-state index contributed by atoms with van der Waals surface area (Å²) in [6, 6.07) is 17.7. The van der Waals surface area contributed by atoms with E-state index in [1.165, 1.54) is 0 Å². The van der Waals surface area contributed by atoms with Gasteiger partial charge in [-0.3, -0.25) is 4.79 Å². The van der Waals surface area contributed by atoms with Crippen LogP contribution in [0.15, 0.2) is 66.9 Å². The van der Waals surface area contributed by atoms with Crippen molar-refractivity contribution in [3.63, 3.8) is 0 Å². The molecular formula is C19H15Cl2N3O2. The van der Waals surface area contributed by atoms with Gasteiger partial charge in [-0.15, -0.1) is 0 Å². The number of nitrogens with one attached hydrogen (secondary N) is 2. The Morgan fingerprint density at radius 2 is 1.77 bits per heavy atom. The Labute approximate surface area is 160 Å². The van der Waals surface area contributed by atoms with Crippen molar-refractivity contribution in [3.05, 3.63) is 76.9 Å². The molecular weight excluding hydrogens is 373 g/mol. The summed E-state index contributed by atoms with van der Waals surface area (Å²) in [7, 11) is 0. The Balaban J connectivity index is 1.51. The molecule has 0 fully saturated rings. The van der Waals surface area contributed by atoms with Crippen molar-refractivity contribution in [2.24, 2.45) is 0 Å². The van der Waals surface area contributed by atoms with Crippen LogP contribution in [-0.4, -0.2) is 17.5 Å². The minimum absolute atomic E-state index is 0.119. The Bertz CT molecular complexity index is 884. The summed E-state index contributed by atoms with van der Waals surface area (Å²) in [5.74, 6) is 0.702. The first-order valence-electron chi connectivity index (χ1n) is 7.75. The van der Waals surface area contributed by atoms with Gasteiger partial charge in [0, 0.05) is 15.7 Å². The number of carbonyl (C=O) groups excluding carboxylic acids is 1. The quantitative estimate of drug-likeness (QED) is 0.613. The highest BCUT2D eigenvalue weighted by molar-refractivity contribution is 6.31. The van der Waals surface area contributed by atoms with E-state index in [0.29, 0.717) is 21.6 Å². The summed E-state index contributed by atoms with van der Waals surface area (Å²) in [5, 5.41) is 7.11. The average molecular weight is 388 g/mol. The molecule has 2 N–H and O–H groups in total. The van der Waals surface area contributed by atoms with Crippen molar-refractivity contribution in [1.29, 1.82) is 0 Å². The normalized spacial score (nSPS) is 10.2. The van der Waals surface area contributed by atoms with Crippen LogP contribution in [0.5, 0.6) is 5.75 Å². The number of benzene rings is 2. The van der Waals surface area contributed by atoms with Gasteiger partial charge in [-0.25, -0.2) is 4.98 Å². The number of halogens is 2. The Morgan fingerprint density at radius 3 is 2.46 bits per heavy atom. The molecule has 0 aliphatic rings. The largest absolute Gasteiger partial charge is 0.484 e. The highest BCUT2D eigenvalue weighted by Crippen LogP contribution is 2.20. The molecule has 0 saturated carbocycles. The molecule has 0 bridgehead atoms. The van der Waals surface area contributed by atoms with Crippen LogP contribution in [0.25, 0.3) is 0 Å². The highest BCUT2D eigenvalue weighted by Gasteiger charge is 2.05. The third-order valence-electron chi connectivity index (χ3n) is 3.33. The number of hydrogen-bond acceptors (Lipinski definition) is 4. The second-order valence-electron chi connectivity index (χ2n) is 5.36. The van der Waals surface area contributed by atoms with Crippen LogP contribution in [0.2, 0.25) is 10.0 Å². The molecule has 3 aromatic rings. The lowest BCUT2D eigenvalue weighted by Gasteiger charge is -2.09. The van der Waals surface area contributed by atoms with E-state index in [9.17, 15) is 4.79 Å². The second kappa shape index (κ2) is 8.56. The van der Waals surface area contributed by atoms with Gasteiger partial charge < -0.3 is 15.4 Å². The van der Waals surface area contributed by atoms with Crippen LogP contribution < -0.4 is 15.4 Å². The van der Waals surface area contributed by atoms with Crippen LogP contribution in [0.3, 0.4) is 0 Å². The Morgan fingerprint density at radius 1 is 0.962 bits per heavy atom. The van der Waals surface area contributed by atoms with Crippen molar-refractivity contribution in [1.82, 2.24) is 4.98 Å². The van der Waals surface area contributed by atoms with E-state index in [2.05, 4.69) is 15.6 Å². The van der Waals surface area contributed by atoms with Gasteiger partial charge in [-0.2, -0.15) is 0 Å². The first-order valence-corrected chi connectivity index (χ1v) is 8.51. The number of carbonyl (C=O) groups is 1. The van der Waals surface area contributed by atoms with Crippen LogP contribution in [0, 0.1) is 0 Å². The molecule has 0 unspecified atom stereocenters. The van der Waals surface area contributed by atoms with E-state index in [4.69, 9.17) is 27.9 Å². The predicted octanol–water partition coefficient (Wildman–Crippen LogP) is 5.15. The lowest BCUT2D eigenvalue weighted by Crippen LogP contribution is -2.20. The number of anilines is 3. The van der Waals surface area contributed by atoms with E-state index >= 15 is 0 Å². The van der Waals surface area contributed by atoms with Gasteiger partial charge in [-0.1, -0.05) is 29.3 Å². The number of rotatable bonds is 6. The van der Waals surface area contributed by atoms with E-state index < -0.39 is 0 Å². The molecule has 0 saturated heterocycles. The van der Waals surface area contributed by atoms with E-state index in [1.54, 1.807) is 42.6 Å². The van der Waals surface area contributed by atoms with Gasteiger partial charge >= 0.3 is 0 Å². The van der Waals surface area contributed by atoms with Crippen molar-refractivity contribution in [2.45, 2.75) is 0 Å². The summed E-state index contributed by atoms with van der Waals surface area (Å²) >= 11 is 11.8. The maximum absolute atomic E-state index is 11.9. The van der Waals surface area contributed by atoms with Crippen molar-refractivity contribution >= 4 is 46.3 Å². The van der Waals surface area contributed by atoms with Crippen molar-refractivity contribution in [2.75, 3.05) is 17.2 Å². The third-order valence-corrected chi connectivity index (χ3v) is 3.81. The molecule has 0 atom stereocenters. The topological polar surface area (TPSA) is 63.2 Å². The molecule has 1 heterocycles. The molecule has 7 heteroatoms. The van der Waals surface area contributed by atoms with E-state index in [-0.39, 0.29) is 12.5 Å². The standard InChI is InChI=1S/C19H15Cl2N3O2/c20-13-4-7-17(8-5-13)26-12-19(25)24-18-9-6-16(11-22-18)23-15-3-1-2-14(21)10-15/h1-11,23H,12H2,(H,22,24,25). The summed E-state index contributed by atoms with van der Waals surface area (Å²) in [6.07, 6.45) is 1.62. The summed E-state index contributed by atoms with van der Waals surface area (Å²) in [4.78, 5) is 16.1. The maximum atomic E-state index is 11.9. The molecule has 26 heavy (non-hydrogen) atoms. The predicted molar refractivity (Wildman–Crippen MR) is 105 cm³/mol. The molecule has 3 rings (SSSR count). The van der Waals surface area contributed by atoms with E-state index in [0.717, 1.165) is 11.4 Å². The Hall–Kier alpha value is -2.76. The van der Waals surface area contributed by atoms with Crippen LogP contribution in [-0.2, 0) is 4.79 Å². The summed E-state index contributed by atoms with van der Waals surface area (Å²) in [5.41, 5.74) is 1.63. The van der Waals surface area contributed by atoms with Crippen molar-refractivity contribution in [3.8, 4) is 5.75 Å². The maximum Gasteiger partial charge on any atom is 0.263 e. The van der Waals surface area contributed by atoms with Gasteiger partial charge in [0.05, 0.1) is 11.9 Å². The summed E-state index contributed by atoms with van der Waals surface area (Å²) in [6.45, 7) is -0.119. The number of pyridine rings is 1. The first kappa shape index (κ1) is 18.0. The number of nitrogens with zero attached hydrogens (tertiary/aromatic N) is 1. The van der Waals surface area contributed by atoms with Gasteiger partial charge in [0.15, 0.2) is 6.61 Å². The fourth-order valence-electron chi connectivity index (χ4n) is 2.13. The molecule has 0 spiro atoms.